The molecule has 8 heteroatoms. The number of hydrogen-bond acceptors (Lipinski definition) is 5. The van der Waals surface area contributed by atoms with Crippen LogP contribution >= 0.6 is 0 Å². The summed E-state index contributed by atoms with van der Waals surface area (Å²) in [5.41, 5.74) is 3.47. The van der Waals surface area contributed by atoms with Gasteiger partial charge < -0.3 is 15.3 Å². The third-order valence-corrected chi connectivity index (χ3v) is 5.07. The van der Waals surface area contributed by atoms with Gasteiger partial charge in [0.15, 0.2) is 0 Å². The lowest BCUT2D eigenvalue weighted by Crippen LogP contribution is -2.31. The smallest absolute Gasteiger partial charge is 0.244 e. The fourth-order valence-electron chi connectivity index (χ4n) is 3.28. The molecule has 0 aliphatic heterocycles. The summed E-state index contributed by atoms with van der Waals surface area (Å²) >= 11 is 0. The molecule has 0 spiro atoms. The van der Waals surface area contributed by atoms with Crippen molar-refractivity contribution >= 4 is 23.4 Å². The summed E-state index contributed by atoms with van der Waals surface area (Å²) in [6, 6.07) is 13.6. The Labute approximate surface area is 181 Å². The van der Waals surface area contributed by atoms with Crippen LogP contribution in [0, 0.1) is 5.92 Å². The van der Waals surface area contributed by atoms with E-state index in [0.29, 0.717) is 19.5 Å². The molecule has 0 aromatic heterocycles. The van der Waals surface area contributed by atoms with Gasteiger partial charge in [-0.2, -0.15) is 0 Å². The van der Waals surface area contributed by atoms with Crippen molar-refractivity contribution in [3.05, 3.63) is 59.7 Å². The number of likely N-dealkylation sites (N-methyl/N-ethyl adjacent to an activating group) is 1. The Morgan fingerprint density at radius 3 is 2.16 bits per heavy atom. The summed E-state index contributed by atoms with van der Waals surface area (Å²) in [4.78, 5) is 38.5. The molecule has 1 unspecified atom stereocenters. The molecule has 0 saturated carbocycles. The van der Waals surface area contributed by atoms with Crippen molar-refractivity contribution in [3.8, 4) is 5.75 Å². The lowest BCUT2D eigenvalue weighted by molar-refractivity contribution is -0.133. The lowest BCUT2D eigenvalue weighted by atomic mass is 9.94. The number of carbonyl (C=O) groups is 3. The molecule has 0 radical (unpaired) electrons. The molecule has 166 valence electrons. The summed E-state index contributed by atoms with van der Waals surface area (Å²) in [5.74, 6) is -1.93. The Morgan fingerprint density at radius 1 is 0.968 bits per heavy atom. The average molecular weight is 428 g/mol. The van der Waals surface area contributed by atoms with E-state index in [1.54, 1.807) is 28.6 Å². The largest absolute Gasteiger partial charge is 0.506 e. The molecule has 1 atom stereocenters. The molecule has 0 bridgehead atoms. The van der Waals surface area contributed by atoms with Gasteiger partial charge in [-0.1, -0.05) is 36.4 Å². The van der Waals surface area contributed by atoms with Crippen LogP contribution in [0.25, 0.3) is 0 Å². The predicted octanol–water partition coefficient (Wildman–Crippen LogP) is 2.50. The van der Waals surface area contributed by atoms with E-state index in [2.05, 4.69) is 5.32 Å². The average Bonchev–Trinajstić information content (AvgIpc) is 2.76. The Morgan fingerprint density at radius 2 is 1.58 bits per heavy atom. The van der Waals surface area contributed by atoms with Crippen LogP contribution in [0.4, 0.5) is 5.69 Å². The SMILES string of the molecule is CCN(CC)C(=O)Cc1ccc(CC(CC(=O)NO)C(=O)Nc2ccccc2O)cc1. The molecule has 0 aliphatic carbocycles. The van der Waals surface area contributed by atoms with Crippen LogP contribution in [0.2, 0.25) is 0 Å². The van der Waals surface area contributed by atoms with Crippen LogP contribution in [0.15, 0.2) is 48.5 Å². The van der Waals surface area contributed by atoms with E-state index in [0.717, 1.165) is 11.1 Å². The number of anilines is 1. The van der Waals surface area contributed by atoms with E-state index < -0.39 is 17.7 Å². The van der Waals surface area contributed by atoms with Crippen molar-refractivity contribution in [1.82, 2.24) is 10.4 Å². The molecule has 0 heterocycles. The quantitative estimate of drug-likeness (QED) is 0.264. The van der Waals surface area contributed by atoms with Gasteiger partial charge in [-0.3, -0.25) is 19.6 Å². The molecule has 2 rings (SSSR count). The molecule has 3 amide bonds. The van der Waals surface area contributed by atoms with E-state index in [4.69, 9.17) is 5.21 Å². The molecular weight excluding hydrogens is 398 g/mol. The normalized spacial score (nSPS) is 11.5. The third kappa shape index (κ3) is 7.11. The van der Waals surface area contributed by atoms with Gasteiger partial charge in [-0.25, -0.2) is 5.48 Å². The number of para-hydroxylation sites is 2. The fourth-order valence-corrected chi connectivity index (χ4v) is 3.28. The van der Waals surface area contributed by atoms with Gasteiger partial charge in [-0.05, 0) is 43.5 Å². The number of benzene rings is 2. The minimum Gasteiger partial charge on any atom is -0.506 e. The van der Waals surface area contributed by atoms with Crippen LogP contribution in [0.1, 0.15) is 31.4 Å². The van der Waals surface area contributed by atoms with Crippen LogP contribution in [-0.2, 0) is 27.2 Å². The van der Waals surface area contributed by atoms with Crippen molar-refractivity contribution in [2.45, 2.75) is 33.1 Å². The zero-order chi connectivity index (χ0) is 22.8. The number of phenolic OH excluding ortho intramolecular Hbond substituents is 1. The highest BCUT2D eigenvalue weighted by molar-refractivity contribution is 5.96. The first-order valence-corrected chi connectivity index (χ1v) is 10.2. The fraction of sp³-hybridized carbons (Fsp3) is 0.348. The van der Waals surface area contributed by atoms with Gasteiger partial charge in [0.1, 0.15) is 5.75 Å². The van der Waals surface area contributed by atoms with Crippen LogP contribution in [-0.4, -0.2) is 46.0 Å². The minimum absolute atomic E-state index is 0.0530. The zero-order valence-corrected chi connectivity index (χ0v) is 17.8. The molecule has 0 aliphatic rings. The molecule has 4 N–H and O–H groups in total. The Balaban J connectivity index is 2.09. The second-order valence-corrected chi connectivity index (χ2v) is 7.21. The Hall–Kier alpha value is -3.39. The maximum atomic E-state index is 12.7. The number of carbonyl (C=O) groups excluding carboxylic acids is 3. The van der Waals surface area contributed by atoms with Gasteiger partial charge in [0.05, 0.1) is 18.0 Å². The number of nitrogens with zero attached hydrogens (tertiary/aromatic N) is 1. The number of phenols is 1. The zero-order valence-electron chi connectivity index (χ0n) is 17.8. The number of aromatic hydroxyl groups is 1. The summed E-state index contributed by atoms with van der Waals surface area (Å²) in [5, 5.41) is 21.4. The van der Waals surface area contributed by atoms with Gasteiger partial charge in [0.25, 0.3) is 0 Å². The summed E-state index contributed by atoms with van der Waals surface area (Å²) in [7, 11) is 0. The standard InChI is InChI=1S/C23H29N3O5/c1-3-26(4-2)22(29)14-17-11-9-16(10-12-17)13-18(15-21(28)25-31)23(30)24-19-7-5-6-8-20(19)27/h5-12,18,27,31H,3-4,13-15H2,1-2H3,(H,24,30)(H,25,28). The molecule has 8 nitrogen and oxygen atoms in total. The number of rotatable bonds is 10. The van der Waals surface area contributed by atoms with Crippen molar-refractivity contribution in [2.24, 2.45) is 5.92 Å². The Kier molecular flexibility index (Phi) is 9.02. The van der Waals surface area contributed by atoms with Gasteiger partial charge in [0, 0.05) is 19.5 Å². The first-order chi connectivity index (χ1) is 14.9. The van der Waals surface area contributed by atoms with E-state index in [1.807, 2.05) is 38.1 Å². The topological polar surface area (TPSA) is 119 Å². The maximum absolute atomic E-state index is 12.7. The monoisotopic (exact) mass is 427 g/mol. The highest BCUT2D eigenvalue weighted by Crippen LogP contribution is 2.23. The highest BCUT2D eigenvalue weighted by atomic mass is 16.5. The second kappa shape index (κ2) is 11.7. The van der Waals surface area contributed by atoms with E-state index >= 15 is 0 Å². The number of hydrogen-bond donors (Lipinski definition) is 4. The molecule has 2 aromatic rings. The molecule has 0 fully saturated rings. The van der Waals surface area contributed by atoms with Crippen LogP contribution in [0.5, 0.6) is 5.75 Å². The lowest BCUT2D eigenvalue weighted by Gasteiger charge is -2.19. The van der Waals surface area contributed by atoms with Crippen molar-refractivity contribution < 1.29 is 24.7 Å². The number of amides is 3. The summed E-state index contributed by atoms with van der Waals surface area (Å²) in [6.45, 7) is 5.20. The predicted molar refractivity (Wildman–Crippen MR) is 117 cm³/mol. The third-order valence-electron chi connectivity index (χ3n) is 5.07. The van der Waals surface area contributed by atoms with E-state index in [1.165, 1.54) is 6.07 Å². The van der Waals surface area contributed by atoms with E-state index in [9.17, 15) is 19.5 Å². The van der Waals surface area contributed by atoms with E-state index in [-0.39, 0.29) is 30.2 Å². The molecular formula is C23H29N3O5. The van der Waals surface area contributed by atoms with Gasteiger partial charge in [0.2, 0.25) is 17.7 Å². The first-order valence-electron chi connectivity index (χ1n) is 10.2. The van der Waals surface area contributed by atoms with Crippen molar-refractivity contribution in [1.29, 1.82) is 0 Å². The maximum Gasteiger partial charge on any atom is 0.244 e. The first kappa shape index (κ1) is 23.9. The number of hydroxylamine groups is 1. The highest BCUT2D eigenvalue weighted by Gasteiger charge is 2.23. The molecule has 31 heavy (non-hydrogen) atoms. The summed E-state index contributed by atoms with van der Waals surface area (Å²) in [6.07, 6.45) is 0.321. The Bertz CT molecular complexity index is 894. The van der Waals surface area contributed by atoms with Crippen molar-refractivity contribution in [2.75, 3.05) is 18.4 Å². The van der Waals surface area contributed by atoms with Crippen LogP contribution < -0.4 is 10.8 Å². The second-order valence-electron chi connectivity index (χ2n) is 7.21. The minimum atomic E-state index is -0.769. The summed E-state index contributed by atoms with van der Waals surface area (Å²) < 4.78 is 0. The molecule has 0 saturated heterocycles. The van der Waals surface area contributed by atoms with Crippen LogP contribution in [0.3, 0.4) is 0 Å². The molecule has 2 aromatic carbocycles. The van der Waals surface area contributed by atoms with Gasteiger partial charge >= 0.3 is 0 Å². The number of nitrogens with one attached hydrogen (secondary N) is 2. The van der Waals surface area contributed by atoms with Gasteiger partial charge in [-0.15, -0.1) is 0 Å². The van der Waals surface area contributed by atoms with Crippen molar-refractivity contribution in [3.63, 3.8) is 0 Å².